The summed E-state index contributed by atoms with van der Waals surface area (Å²) in [6.45, 7) is 2.60. The number of rotatable bonds is 3. The molecular formula is C17H20ClN3O3. The van der Waals surface area contributed by atoms with E-state index in [1.54, 1.807) is 17.0 Å². The van der Waals surface area contributed by atoms with Crippen molar-refractivity contribution in [3.63, 3.8) is 0 Å². The molecule has 1 amide bonds. The monoisotopic (exact) mass is 349 g/mol. The van der Waals surface area contributed by atoms with Gasteiger partial charge in [-0.3, -0.25) is 4.79 Å². The lowest BCUT2D eigenvalue weighted by molar-refractivity contribution is -0.142. The van der Waals surface area contributed by atoms with E-state index in [4.69, 9.17) is 16.0 Å². The molecule has 0 spiro atoms. The number of aliphatic hydroxyl groups is 1. The topological polar surface area (TPSA) is 69.8 Å². The molecule has 2 aliphatic rings. The standard InChI is InChI=1S/C17H20ClN3O3/c18-12-3-4-14-15(7-12)24-17(19-14)20-5-1-2-11(8-20)6-16(23)21-9-13(22)10-21/h3-4,7,11,13,22H,1-2,5-6,8-10H2. The molecule has 7 heteroatoms. The molecule has 1 N–H and O–H groups in total. The van der Waals surface area contributed by atoms with Crippen molar-refractivity contribution in [2.45, 2.75) is 25.4 Å². The minimum absolute atomic E-state index is 0.136. The number of benzene rings is 1. The lowest BCUT2D eigenvalue weighted by atomic mass is 9.94. The Hall–Kier alpha value is -1.79. The molecule has 0 saturated carbocycles. The number of likely N-dealkylation sites (tertiary alicyclic amines) is 1. The maximum Gasteiger partial charge on any atom is 0.298 e. The molecule has 0 aliphatic carbocycles. The van der Waals surface area contributed by atoms with Gasteiger partial charge in [0, 0.05) is 43.7 Å². The van der Waals surface area contributed by atoms with Gasteiger partial charge in [0.15, 0.2) is 5.58 Å². The highest BCUT2D eigenvalue weighted by Crippen LogP contribution is 2.29. The molecule has 1 aromatic carbocycles. The van der Waals surface area contributed by atoms with Crippen LogP contribution >= 0.6 is 11.6 Å². The first kappa shape index (κ1) is 15.7. The third kappa shape index (κ3) is 3.08. The summed E-state index contributed by atoms with van der Waals surface area (Å²) in [6.07, 6.45) is 2.23. The van der Waals surface area contributed by atoms with Gasteiger partial charge in [0.05, 0.1) is 6.10 Å². The number of carbonyl (C=O) groups excluding carboxylic acids is 1. The Morgan fingerprint density at radius 1 is 1.38 bits per heavy atom. The Morgan fingerprint density at radius 3 is 3.00 bits per heavy atom. The van der Waals surface area contributed by atoms with Crippen molar-refractivity contribution in [2.24, 2.45) is 5.92 Å². The first-order chi connectivity index (χ1) is 11.6. The molecular weight excluding hydrogens is 330 g/mol. The van der Waals surface area contributed by atoms with Gasteiger partial charge < -0.3 is 19.3 Å². The second-order valence-electron chi connectivity index (χ2n) is 6.72. The molecule has 2 aliphatic heterocycles. The lowest BCUT2D eigenvalue weighted by Crippen LogP contribution is -2.54. The molecule has 2 aromatic rings. The number of piperidine rings is 1. The van der Waals surface area contributed by atoms with Crippen LogP contribution in [0.25, 0.3) is 11.1 Å². The van der Waals surface area contributed by atoms with Gasteiger partial charge in [0.25, 0.3) is 6.01 Å². The predicted octanol–water partition coefficient (Wildman–Crippen LogP) is 2.29. The summed E-state index contributed by atoms with van der Waals surface area (Å²) in [4.78, 5) is 20.6. The van der Waals surface area contributed by atoms with Crippen molar-refractivity contribution in [1.29, 1.82) is 0 Å². The normalized spacial score (nSPS) is 22.0. The van der Waals surface area contributed by atoms with Crippen molar-refractivity contribution in [3.8, 4) is 0 Å². The van der Waals surface area contributed by atoms with Crippen molar-refractivity contribution in [2.75, 3.05) is 31.1 Å². The Bertz CT molecular complexity index is 757. The zero-order valence-corrected chi connectivity index (χ0v) is 14.1. The number of aromatic nitrogens is 1. The van der Waals surface area contributed by atoms with Gasteiger partial charge in [-0.2, -0.15) is 4.98 Å². The van der Waals surface area contributed by atoms with Gasteiger partial charge in [0.2, 0.25) is 5.91 Å². The number of halogens is 1. The van der Waals surface area contributed by atoms with E-state index in [1.807, 2.05) is 6.07 Å². The van der Waals surface area contributed by atoms with Crippen molar-refractivity contribution >= 4 is 34.6 Å². The van der Waals surface area contributed by atoms with Gasteiger partial charge in [0.1, 0.15) is 5.52 Å². The van der Waals surface area contributed by atoms with Crippen LogP contribution in [0.2, 0.25) is 5.02 Å². The molecule has 2 fully saturated rings. The zero-order chi connectivity index (χ0) is 16.7. The smallest absolute Gasteiger partial charge is 0.298 e. The van der Waals surface area contributed by atoms with E-state index in [-0.39, 0.29) is 12.0 Å². The van der Waals surface area contributed by atoms with E-state index in [1.165, 1.54) is 0 Å². The molecule has 6 nitrogen and oxygen atoms in total. The van der Waals surface area contributed by atoms with Crippen LogP contribution in [0.1, 0.15) is 19.3 Å². The number of fused-ring (bicyclic) bond motifs is 1. The van der Waals surface area contributed by atoms with E-state index in [0.717, 1.165) is 31.4 Å². The average molecular weight is 350 g/mol. The van der Waals surface area contributed by atoms with Gasteiger partial charge in [-0.25, -0.2) is 0 Å². The Balaban J connectivity index is 1.42. The molecule has 128 valence electrons. The highest BCUT2D eigenvalue weighted by molar-refractivity contribution is 6.31. The highest BCUT2D eigenvalue weighted by atomic mass is 35.5. The maximum atomic E-state index is 12.2. The third-order valence-corrected chi connectivity index (χ3v) is 5.04. The lowest BCUT2D eigenvalue weighted by Gasteiger charge is -2.38. The van der Waals surface area contributed by atoms with Crippen LogP contribution < -0.4 is 4.90 Å². The number of β-amino-alcohol motifs (C(OH)–C–C–N with tert-alkyl or cyclic N) is 1. The predicted molar refractivity (Wildman–Crippen MR) is 91.2 cm³/mol. The van der Waals surface area contributed by atoms with Crippen LogP contribution in [0.15, 0.2) is 22.6 Å². The summed E-state index contributed by atoms with van der Waals surface area (Å²) < 4.78 is 5.84. The molecule has 1 atom stereocenters. The maximum absolute atomic E-state index is 12.2. The fourth-order valence-electron chi connectivity index (χ4n) is 3.46. The second kappa shape index (κ2) is 6.26. The SMILES string of the molecule is O=C(CC1CCCN(c2nc3ccc(Cl)cc3o2)C1)N1CC(O)C1. The first-order valence-corrected chi connectivity index (χ1v) is 8.73. The third-order valence-electron chi connectivity index (χ3n) is 4.81. The molecule has 0 bridgehead atoms. The highest BCUT2D eigenvalue weighted by Gasteiger charge is 2.32. The number of hydrogen-bond donors (Lipinski definition) is 1. The molecule has 3 heterocycles. The number of nitrogens with zero attached hydrogens (tertiary/aromatic N) is 3. The largest absolute Gasteiger partial charge is 0.423 e. The molecule has 0 radical (unpaired) electrons. The summed E-state index contributed by atoms with van der Waals surface area (Å²) in [5.41, 5.74) is 1.48. The Labute approximate surface area is 145 Å². The molecule has 1 unspecified atom stereocenters. The minimum atomic E-state index is -0.344. The molecule has 2 saturated heterocycles. The summed E-state index contributed by atoms with van der Waals surface area (Å²) >= 11 is 5.99. The van der Waals surface area contributed by atoms with Gasteiger partial charge >= 0.3 is 0 Å². The second-order valence-corrected chi connectivity index (χ2v) is 7.16. The quantitative estimate of drug-likeness (QED) is 0.920. The van der Waals surface area contributed by atoms with Crippen molar-refractivity contribution in [3.05, 3.63) is 23.2 Å². The summed E-state index contributed by atoms with van der Waals surface area (Å²) in [5, 5.41) is 9.95. The summed E-state index contributed by atoms with van der Waals surface area (Å²) in [6, 6.07) is 6.03. The van der Waals surface area contributed by atoms with E-state index < -0.39 is 0 Å². The van der Waals surface area contributed by atoms with E-state index in [0.29, 0.717) is 42.0 Å². The van der Waals surface area contributed by atoms with E-state index in [2.05, 4.69) is 9.88 Å². The van der Waals surface area contributed by atoms with Crippen LogP contribution in [0.5, 0.6) is 0 Å². The first-order valence-electron chi connectivity index (χ1n) is 8.35. The number of carbonyl (C=O) groups is 1. The van der Waals surface area contributed by atoms with Crippen LogP contribution in [-0.2, 0) is 4.79 Å². The molecule has 1 aromatic heterocycles. The van der Waals surface area contributed by atoms with Crippen LogP contribution in [0.4, 0.5) is 6.01 Å². The summed E-state index contributed by atoms with van der Waals surface area (Å²) in [7, 11) is 0. The van der Waals surface area contributed by atoms with Crippen LogP contribution in [-0.4, -0.2) is 53.2 Å². The fourth-order valence-corrected chi connectivity index (χ4v) is 3.62. The van der Waals surface area contributed by atoms with Crippen LogP contribution in [0, 0.1) is 5.92 Å². The zero-order valence-electron chi connectivity index (χ0n) is 13.3. The van der Waals surface area contributed by atoms with Gasteiger partial charge in [-0.05, 0) is 30.9 Å². The Morgan fingerprint density at radius 2 is 2.21 bits per heavy atom. The van der Waals surface area contributed by atoms with E-state index >= 15 is 0 Å². The van der Waals surface area contributed by atoms with Crippen molar-refractivity contribution in [1.82, 2.24) is 9.88 Å². The van der Waals surface area contributed by atoms with Crippen molar-refractivity contribution < 1.29 is 14.3 Å². The minimum Gasteiger partial charge on any atom is -0.423 e. The number of amides is 1. The Kier molecular flexibility index (Phi) is 4.10. The number of oxazole rings is 1. The molecule has 24 heavy (non-hydrogen) atoms. The number of hydrogen-bond acceptors (Lipinski definition) is 5. The average Bonchev–Trinajstić information content (AvgIpc) is 2.95. The number of anilines is 1. The summed E-state index contributed by atoms with van der Waals surface area (Å²) in [5.74, 6) is 0.430. The van der Waals surface area contributed by atoms with Gasteiger partial charge in [-0.15, -0.1) is 0 Å². The van der Waals surface area contributed by atoms with E-state index in [9.17, 15) is 9.90 Å². The number of aliphatic hydroxyl groups excluding tert-OH is 1. The van der Waals surface area contributed by atoms with Crippen LogP contribution in [0.3, 0.4) is 0 Å². The van der Waals surface area contributed by atoms with Gasteiger partial charge in [-0.1, -0.05) is 11.6 Å². The molecule has 4 rings (SSSR count). The fraction of sp³-hybridized carbons (Fsp3) is 0.529.